The fraction of sp³-hybridized carbons (Fsp3) is 1.00. The van der Waals surface area contributed by atoms with Crippen molar-refractivity contribution < 1.29 is 14.9 Å². The van der Waals surface area contributed by atoms with Gasteiger partial charge in [0.05, 0.1) is 0 Å². The van der Waals surface area contributed by atoms with E-state index < -0.39 is 0 Å². The second-order valence-corrected chi connectivity index (χ2v) is 3.18. The van der Waals surface area contributed by atoms with Crippen molar-refractivity contribution in [2.75, 3.05) is 26.4 Å². The van der Waals surface area contributed by atoms with Gasteiger partial charge in [-0.05, 0) is 25.7 Å². The SMILES string of the molecule is OCCCCCCOCCCCO. The van der Waals surface area contributed by atoms with Gasteiger partial charge < -0.3 is 14.9 Å². The molecule has 0 bridgehead atoms. The molecule has 0 aliphatic rings. The number of aliphatic hydroxyl groups is 2. The quantitative estimate of drug-likeness (QED) is 0.511. The topological polar surface area (TPSA) is 49.7 Å². The predicted molar refractivity (Wildman–Crippen MR) is 52.7 cm³/mol. The summed E-state index contributed by atoms with van der Waals surface area (Å²) >= 11 is 0. The first kappa shape index (κ1) is 12.9. The average Bonchev–Trinajstić information content (AvgIpc) is 2.16. The molecule has 0 atom stereocenters. The van der Waals surface area contributed by atoms with Crippen molar-refractivity contribution in [3.8, 4) is 0 Å². The van der Waals surface area contributed by atoms with Gasteiger partial charge in [0.25, 0.3) is 0 Å². The highest BCUT2D eigenvalue weighted by molar-refractivity contribution is 4.42. The summed E-state index contributed by atoms with van der Waals surface area (Å²) in [5.74, 6) is 0. The molecular formula is C10H22O3. The number of unbranched alkanes of at least 4 members (excludes halogenated alkanes) is 4. The third kappa shape index (κ3) is 11.9. The lowest BCUT2D eigenvalue weighted by molar-refractivity contribution is 0.121. The summed E-state index contributed by atoms with van der Waals surface area (Å²) in [4.78, 5) is 0. The van der Waals surface area contributed by atoms with Gasteiger partial charge in [-0.1, -0.05) is 12.8 Å². The summed E-state index contributed by atoms with van der Waals surface area (Å²) in [5.41, 5.74) is 0. The molecular weight excluding hydrogens is 168 g/mol. The third-order valence-electron chi connectivity index (χ3n) is 1.89. The second kappa shape index (κ2) is 11.9. The minimum atomic E-state index is 0.264. The van der Waals surface area contributed by atoms with Crippen LogP contribution in [-0.4, -0.2) is 36.6 Å². The molecule has 0 rings (SSSR count). The van der Waals surface area contributed by atoms with E-state index in [1.54, 1.807) is 0 Å². The number of ether oxygens (including phenoxy) is 1. The Labute approximate surface area is 80.7 Å². The molecule has 0 saturated heterocycles. The zero-order chi connectivity index (χ0) is 9.78. The van der Waals surface area contributed by atoms with Crippen molar-refractivity contribution in [3.63, 3.8) is 0 Å². The molecule has 0 aliphatic heterocycles. The molecule has 3 heteroatoms. The maximum Gasteiger partial charge on any atom is 0.0466 e. The maximum absolute atomic E-state index is 8.51. The molecule has 2 N–H and O–H groups in total. The van der Waals surface area contributed by atoms with Crippen LogP contribution in [0, 0.1) is 0 Å². The van der Waals surface area contributed by atoms with Crippen LogP contribution in [0.4, 0.5) is 0 Å². The zero-order valence-corrected chi connectivity index (χ0v) is 8.37. The molecule has 3 nitrogen and oxygen atoms in total. The molecule has 13 heavy (non-hydrogen) atoms. The van der Waals surface area contributed by atoms with Crippen LogP contribution < -0.4 is 0 Å². The molecule has 0 aliphatic carbocycles. The van der Waals surface area contributed by atoms with E-state index in [9.17, 15) is 0 Å². The fourth-order valence-corrected chi connectivity index (χ4v) is 1.09. The highest BCUT2D eigenvalue weighted by Gasteiger charge is 1.90. The first-order valence-electron chi connectivity index (χ1n) is 5.21. The minimum absolute atomic E-state index is 0.264. The van der Waals surface area contributed by atoms with Crippen molar-refractivity contribution in [2.45, 2.75) is 38.5 Å². The summed E-state index contributed by atoms with van der Waals surface area (Å²) in [5, 5.41) is 17.0. The van der Waals surface area contributed by atoms with Crippen LogP contribution in [-0.2, 0) is 4.74 Å². The lowest BCUT2D eigenvalue weighted by Gasteiger charge is -2.02. The standard InChI is InChI=1S/C10H22O3/c11-7-3-1-2-5-9-13-10-6-4-8-12/h11-12H,1-10H2. The van der Waals surface area contributed by atoms with Gasteiger partial charge in [0, 0.05) is 26.4 Å². The van der Waals surface area contributed by atoms with Gasteiger partial charge in [0.2, 0.25) is 0 Å². The number of hydrogen-bond donors (Lipinski definition) is 2. The van der Waals surface area contributed by atoms with Crippen molar-refractivity contribution in [3.05, 3.63) is 0 Å². The van der Waals surface area contributed by atoms with E-state index in [0.29, 0.717) is 6.61 Å². The average molecular weight is 190 g/mol. The Kier molecular flexibility index (Phi) is 11.8. The van der Waals surface area contributed by atoms with E-state index in [1.807, 2.05) is 0 Å². The lowest BCUT2D eigenvalue weighted by atomic mass is 10.2. The van der Waals surface area contributed by atoms with Gasteiger partial charge in [-0.2, -0.15) is 0 Å². The zero-order valence-electron chi connectivity index (χ0n) is 8.37. The van der Waals surface area contributed by atoms with Gasteiger partial charge in [0.1, 0.15) is 0 Å². The van der Waals surface area contributed by atoms with Gasteiger partial charge in [-0.15, -0.1) is 0 Å². The van der Waals surface area contributed by atoms with Crippen molar-refractivity contribution in [2.24, 2.45) is 0 Å². The van der Waals surface area contributed by atoms with Crippen molar-refractivity contribution in [1.29, 1.82) is 0 Å². The Bertz CT molecular complexity index is 76.2. The fourth-order valence-electron chi connectivity index (χ4n) is 1.09. The Morgan fingerprint density at radius 1 is 0.615 bits per heavy atom. The van der Waals surface area contributed by atoms with Gasteiger partial charge in [-0.3, -0.25) is 0 Å². The van der Waals surface area contributed by atoms with Gasteiger partial charge >= 0.3 is 0 Å². The summed E-state index contributed by atoms with van der Waals surface area (Å²) in [6.45, 7) is 2.15. The van der Waals surface area contributed by atoms with E-state index in [4.69, 9.17) is 14.9 Å². The van der Waals surface area contributed by atoms with Crippen LogP contribution >= 0.6 is 0 Å². The number of aliphatic hydroxyl groups excluding tert-OH is 2. The second-order valence-electron chi connectivity index (χ2n) is 3.18. The Morgan fingerprint density at radius 2 is 1.08 bits per heavy atom. The molecule has 0 fully saturated rings. The summed E-state index contributed by atoms with van der Waals surface area (Å²) in [6, 6.07) is 0. The molecule has 0 aromatic rings. The highest BCUT2D eigenvalue weighted by Crippen LogP contribution is 1.99. The Morgan fingerprint density at radius 3 is 1.69 bits per heavy atom. The predicted octanol–water partition coefficient (Wildman–Crippen LogP) is 1.33. The van der Waals surface area contributed by atoms with E-state index in [0.717, 1.165) is 51.7 Å². The molecule has 0 amide bonds. The van der Waals surface area contributed by atoms with E-state index in [2.05, 4.69) is 0 Å². The van der Waals surface area contributed by atoms with Crippen molar-refractivity contribution in [1.82, 2.24) is 0 Å². The molecule has 80 valence electrons. The first-order chi connectivity index (χ1) is 6.41. The van der Waals surface area contributed by atoms with E-state index in [1.165, 1.54) is 0 Å². The normalized spacial score (nSPS) is 10.6. The summed E-state index contributed by atoms with van der Waals surface area (Å²) in [7, 11) is 0. The van der Waals surface area contributed by atoms with Crippen LogP contribution in [0.25, 0.3) is 0 Å². The molecule has 0 aromatic carbocycles. The first-order valence-corrected chi connectivity index (χ1v) is 5.21. The molecule has 0 radical (unpaired) electrons. The van der Waals surface area contributed by atoms with Crippen molar-refractivity contribution >= 4 is 0 Å². The van der Waals surface area contributed by atoms with Crippen LogP contribution in [0.5, 0.6) is 0 Å². The number of hydrogen-bond acceptors (Lipinski definition) is 3. The summed E-state index contributed by atoms with van der Waals surface area (Å²) in [6.07, 6.45) is 6.01. The molecule has 0 unspecified atom stereocenters. The third-order valence-corrected chi connectivity index (χ3v) is 1.89. The summed E-state index contributed by atoms with van der Waals surface area (Å²) < 4.78 is 5.34. The smallest absolute Gasteiger partial charge is 0.0466 e. The van der Waals surface area contributed by atoms with Crippen LogP contribution in [0.1, 0.15) is 38.5 Å². The Hall–Kier alpha value is -0.120. The molecule has 0 saturated carbocycles. The van der Waals surface area contributed by atoms with Crippen LogP contribution in [0.2, 0.25) is 0 Å². The molecule has 0 heterocycles. The van der Waals surface area contributed by atoms with Crippen LogP contribution in [0.3, 0.4) is 0 Å². The largest absolute Gasteiger partial charge is 0.396 e. The molecule has 0 spiro atoms. The maximum atomic E-state index is 8.51. The monoisotopic (exact) mass is 190 g/mol. The van der Waals surface area contributed by atoms with Crippen LogP contribution in [0.15, 0.2) is 0 Å². The minimum Gasteiger partial charge on any atom is -0.396 e. The number of rotatable bonds is 10. The van der Waals surface area contributed by atoms with E-state index >= 15 is 0 Å². The van der Waals surface area contributed by atoms with Gasteiger partial charge in [0.15, 0.2) is 0 Å². The highest BCUT2D eigenvalue weighted by atomic mass is 16.5. The van der Waals surface area contributed by atoms with E-state index in [-0.39, 0.29) is 6.61 Å². The Balaban J connectivity index is 2.76. The molecule has 0 aromatic heterocycles. The lowest BCUT2D eigenvalue weighted by Crippen LogP contribution is -1.98. The van der Waals surface area contributed by atoms with Gasteiger partial charge in [-0.25, -0.2) is 0 Å².